The van der Waals surface area contributed by atoms with Gasteiger partial charge in [0.25, 0.3) is 0 Å². The maximum Gasteiger partial charge on any atom is 0.179 e. The normalized spacial score (nSPS) is 13.7. The van der Waals surface area contributed by atoms with E-state index in [0.29, 0.717) is 0 Å². The van der Waals surface area contributed by atoms with Gasteiger partial charge in [0.15, 0.2) is 5.78 Å². The minimum atomic E-state index is -0.110. The van der Waals surface area contributed by atoms with E-state index in [1.807, 2.05) is 38.2 Å². The molecule has 1 atom stereocenters. The molecular weight excluding hydrogens is 290 g/mol. The van der Waals surface area contributed by atoms with Crippen molar-refractivity contribution in [2.75, 3.05) is 7.05 Å². The van der Waals surface area contributed by atoms with Crippen molar-refractivity contribution in [3.05, 3.63) is 34.3 Å². The van der Waals surface area contributed by atoms with Crippen LogP contribution in [0.1, 0.15) is 44.5 Å². The molecule has 1 aromatic carbocycles. The second-order valence-corrected chi connectivity index (χ2v) is 6.24. The molecule has 0 bridgehead atoms. The van der Waals surface area contributed by atoms with Gasteiger partial charge in [-0.1, -0.05) is 35.0 Å². The van der Waals surface area contributed by atoms with Crippen molar-refractivity contribution in [2.45, 2.75) is 45.7 Å². The quantitative estimate of drug-likeness (QED) is 0.762. The monoisotopic (exact) mass is 311 g/mol. The summed E-state index contributed by atoms with van der Waals surface area (Å²) < 4.78 is 0.994. The van der Waals surface area contributed by atoms with Gasteiger partial charge in [-0.05, 0) is 46.4 Å². The molecule has 1 unspecified atom stereocenters. The van der Waals surface area contributed by atoms with Gasteiger partial charge in [0.1, 0.15) is 0 Å². The highest BCUT2D eigenvalue weighted by Gasteiger charge is 2.29. The first-order valence-electron chi connectivity index (χ1n) is 6.32. The SMILES string of the molecule is CCC(C)(C)N(C)C(C)C(=O)c1ccc(Br)cc1. The lowest BCUT2D eigenvalue weighted by atomic mass is 9.95. The zero-order valence-electron chi connectivity index (χ0n) is 11.8. The summed E-state index contributed by atoms with van der Waals surface area (Å²) in [6.45, 7) is 8.45. The van der Waals surface area contributed by atoms with Crippen LogP contribution < -0.4 is 0 Å². The molecule has 2 nitrogen and oxygen atoms in total. The molecule has 3 heteroatoms. The van der Waals surface area contributed by atoms with Crippen LogP contribution in [0.2, 0.25) is 0 Å². The number of benzene rings is 1. The highest BCUT2D eigenvalue weighted by atomic mass is 79.9. The second kappa shape index (κ2) is 5.98. The Morgan fingerprint density at radius 1 is 1.33 bits per heavy atom. The van der Waals surface area contributed by atoms with Gasteiger partial charge in [-0.25, -0.2) is 0 Å². The minimum absolute atomic E-state index is 0.0322. The van der Waals surface area contributed by atoms with Crippen LogP contribution in [0.15, 0.2) is 28.7 Å². The number of ketones is 1. The lowest BCUT2D eigenvalue weighted by Crippen LogP contribution is -2.49. The highest BCUT2D eigenvalue weighted by Crippen LogP contribution is 2.21. The molecule has 0 saturated carbocycles. The highest BCUT2D eigenvalue weighted by molar-refractivity contribution is 9.10. The van der Waals surface area contributed by atoms with Gasteiger partial charge in [-0.3, -0.25) is 9.69 Å². The summed E-state index contributed by atoms with van der Waals surface area (Å²) in [5.41, 5.74) is 0.800. The average molecular weight is 312 g/mol. The molecule has 0 aliphatic rings. The number of likely N-dealkylation sites (N-methyl/N-ethyl adjacent to an activating group) is 1. The van der Waals surface area contributed by atoms with Crippen LogP contribution in [-0.4, -0.2) is 29.3 Å². The van der Waals surface area contributed by atoms with E-state index >= 15 is 0 Å². The van der Waals surface area contributed by atoms with Crippen molar-refractivity contribution in [3.63, 3.8) is 0 Å². The Bertz CT molecular complexity index is 411. The third-order valence-electron chi connectivity index (χ3n) is 3.91. The summed E-state index contributed by atoms with van der Waals surface area (Å²) >= 11 is 3.38. The molecule has 1 aromatic rings. The standard InChI is InChI=1S/C15H22BrNO/c1-6-15(3,4)17(5)11(2)14(18)12-7-9-13(16)10-8-12/h7-11H,6H2,1-5H3. The van der Waals surface area contributed by atoms with Crippen LogP contribution in [-0.2, 0) is 0 Å². The number of halogens is 1. The molecule has 0 fully saturated rings. The number of hydrogen-bond donors (Lipinski definition) is 0. The Balaban J connectivity index is 2.87. The van der Waals surface area contributed by atoms with E-state index < -0.39 is 0 Å². The largest absolute Gasteiger partial charge is 0.292 e. The van der Waals surface area contributed by atoms with Gasteiger partial charge in [0.05, 0.1) is 6.04 Å². The Morgan fingerprint density at radius 2 is 1.83 bits per heavy atom. The third kappa shape index (κ3) is 3.42. The molecule has 0 amide bonds. The Kier molecular flexibility index (Phi) is 5.11. The molecule has 0 heterocycles. The molecule has 0 radical (unpaired) electrons. The Hall–Kier alpha value is -0.670. The number of nitrogens with zero attached hydrogens (tertiary/aromatic N) is 1. The van der Waals surface area contributed by atoms with Crippen LogP contribution in [0.3, 0.4) is 0 Å². The fourth-order valence-electron chi connectivity index (χ4n) is 1.80. The van der Waals surface area contributed by atoms with Gasteiger partial charge in [-0.2, -0.15) is 0 Å². The number of carbonyl (C=O) groups is 1. The smallest absolute Gasteiger partial charge is 0.179 e. The molecule has 18 heavy (non-hydrogen) atoms. The fraction of sp³-hybridized carbons (Fsp3) is 0.533. The predicted molar refractivity (Wildman–Crippen MR) is 80.1 cm³/mol. The van der Waals surface area contributed by atoms with Crippen molar-refractivity contribution in [2.24, 2.45) is 0 Å². The van der Waals surface area contributed by atoms with Crippen LogP contribution in [0, 0.1) is 0 Å². The number of hydrogen-bond acceptors (Lipinski definition) is 2. The van der Waals surface area contributed by atoms with Crippen molar-refractivity contribution >= 4 is 21.7 Å². The van der Waals surface area contributed by atoms with Crippen molar-refractivity contribution in [1.82, 2.24) is 4.90 Å². The topological polar surface area (TPSA) is 20.3 Å². The lowest BCUT2D eigenvalue weighted by molar-refractivity contribution is 0.0677. The van der Waals surface area contributed by atoms with Crippen LogP contribution in [0.25, 0.3) is 0 Å². The molecule has 0 spiro atoms. The fourth-order valence-corrected chi connectivity index (χ4v) is 2.07. The first-order chi connectivity index (χ1) is 8.29. The van der Waals surface area contributed by atoms with E-state index in [9.17, 15) is 4.79 Å². The van der Waals surface area contributed by atoms with Gasteiger partial charge in [0.2, 0.25) is 0 Å². The lowest BCUT2D eigenvalue weighted by Gasteiger charge is -2.38. The number of Topliss-reactive ketones (excluding diaryl/α,β-unsaturated/α-hetero) is 1. The van der Waals surface area contributed by atoms with Crippen LogP contribution in [0.5, 0.6) is 0 Å². The maximum atomic E-state index is 12.4. The summed E-state index contributed by atoms with van der Waals surface area (Å²) in [7, 11) is 2.02. The summed E-state index contributed by atoms with van der Waals surface area (Å²) in [5.74, 6) is 0.173. The van der Waals surface area contributed by atoms with Gasteiger partial charge >= 0.3 is 0 Å². The number of carbonyl (C=O) groups excluding carboxylic acids is 1. The molecule has 0 aliphatic heterocycles. The van der Waals surface area contributed by atoms with Crippen LogP contribution >= 0.6 is 15.9 Å². The first kappa shape index (κ1) is 15.4. The average Bonchev–Trinajstić information content (AvgIpc) is 2.37. The maximum absolute atomic E-state index is 12.4. The van der Waals surface area contributed by atoms with E-state index in [0.717, 1.165) is 16.5 Å². The third-order valence-corrected chi connectivity index (χ3v) is 4.44. The van der Waals surface area contributed by atoms with Crippen molar-refractivity contribution in [3.8, 4) is 0 Å². The molecule has 0 N–H and O–H groups in total. The van der Waals surface area contributed by atoms with E-state index in [1.165, 1.54) is 0 Å². The summed E-state index contributed by atoms with van der Waals surface area (Å²) in [6, 6.07) is 7.45. The molecule has 100 valence electrons. The molecule has 0 saturated heterocycles. The zero-order valence-corrected chi connectivity index (χ0v) is 13.4. The van der Waals surface area contributed by atoms with E-state index in [4.69, 9.17) is 0 Å². The number of rotatable bonds is 5. The Morgan fingerprint density at radius 3 is 2.28 bits per heavy atom. The van der Waals surface area contributed by atoms with Crippen molar-refractivity contribution < 1.29 is 4.79 Å². The van der Waals surface area contributed by atoms with Gasteiger partial charge in [0, 0.05) is 15.6 Å². The van der Waals surface area contributed by atoms with Gasteiger partial charge < -0.3 is 0 Å². The minimum Gasteiger partial charge on any atom is -0.292 e. The molecule has 0 aliphatic carbocycles. The summed E-state index contributed by atoms with van der Waals surface area (Å²) in [5, 5.41) is 0. The van der Waals surface area contributed by atoms with Gasteiger partial charge in [-0.15, -0.1) is 0 Å². The molecule has 1 rings (SSSR count). The van der Waals surface area contributed by atoms with E-state index in [-0.39, 0.29) is 17.4 Å². The summed E-state index contributed by atoms with van der Waals surface area (Å²) in [4.78, 5) is 14.6. The predicted octanol–water partition coefficient (Wildman–Crippen LogP) is 4.14. The Labute approximate surface area is 119 Å². The van der Waals surface area contributed by atoms with Crippen molar-refractivity contribution in [1.29, 1.82) is 0 Å². The summed E-state index contributed by atoms with van der Waals surface area (Å²) in [6.07, 6.45) is 1.02. The zero-order chi connectivity index (χ0) is 13.9. The van der Waals surface area contributed by atoms with E-state index in [1.54, 1.807) is 0 Å². The van der Waals surface area contributed by atoms with Crippen LogP contribution in [0.4, 0.5) is 0 Å². The second-order valence-electron chi connectivity index (χ2n) is 5.32. The molecular formula is C15H22BrNO. The van der Waals surface area contributed by atoms with E-state index in [2.05, 4.69) is 41.6 Å². The first-order valence-corrected chi connectivity index (χ1v) is 7.11. The molecule has 0 aromatic heterocycles.